The summed E-state index contributed by atoms with van der Waals surface area (Å²) in [5.74, 6) is 0.424. The predicted octanol–water partition coefficient (Wildman–Crippen LogP) is 5.98. The Hall–Kier alpha value is -1.58. The molecule has 0 unspecified atom stereocenters. The fraction of sp³-hybridized carbons (Fsp3) is 0.727. The van der Waals surface area contributed by atoms with Gasteiger partial charge < -0.3 is 19.0 Å². The molecule has 0 amide bonds. The Labute approximate surface area is 184 Å². The predicted molar refractivity (Wildman–Crippen MR) is 122 cm³/mol. The van der Waals surface area contributed by atoms with Crippen molar-refractivity contribution in [2.45, 2.75) is 96.3 Å². The van der Waals surface area contributed by atoms with Gasteiger partial charge in [0.25, 0.3) is 0 Å². The molecule has 0 aromatic carbocycles. The molecule has 0 spiro atoms. The van der Waals surface area contributed by atoms with E-state index in [1.165, 1.54) is 0 Å². The summed E-state index contributed by atoms with van der Waals surface area (Å²) in [5, 5.41) is 4.24. The van der Waals surface area contributed by atoms with Crippen molar-refractivity contribution in [2.24, 2.45) is 0 Å². The summed E-state index contributed by atoms with van der Waals surface area (Å²) in [6, 6.07) is 2.08. The van der Waals surface area contributed by atoms with Gasteiger partial charge in [-0.25, -0.2) is 4.98 Å². The number of nitrogens with one attached hydrogen (secondary N) is 1. The highest BCUT2D eigenvalue weighted by Crippen LogP contribution is 2.40. The summed E-state index contributed by atoms with van der Waals surface area (Å²) < 4.78 is 37.7. The fourth-order valence-corrected chi connectivity index (χ4v) is 5.24. The number of aromatic nitrogens is 3. The first-order valence-corrected chi connectivity index (χ1v) is 14.0. The first-order chi connectivity index (χ1) is 14.5. The van der Waals surface area contributed by atoms with Gasteiger partial charge in [0.2, 0.25) is 5.95 Å². The van der Waals surface area contributed by atoms with Gasteiger partial charge in [0, 0.05) is 36.0 Å². The third-order valence-electron chi connectivity index (χ3n) is 6.61. The Balaban J connectivity index is 1.64. The minimum absolute atomic E-state index is 0.113. The van der Waals surface area contributed by atoms with Crippen LogP contribution in [0.4, 0.5) is 14.7 Å². The average molecular weight is 455 g/mol. The smallest absolute Gasteiger partial charge is 0.345 e. The van der Waals surface area contributed by atoms with E-state index in [2.05, 4.69) is 64.7 Å². The van der Waals surface area contributed by atoms with E-state index in [1.54, 1.807) is 13.1 Å². The molecule has 1 fully saturated rings. The van der Waals surface area contributed by atoms with E-state index in [1.807, 2.05) is 6.07 Å². The van der Waals surface area contributed by atoms with Crippen molar-refractivity contribution < 1.29 is 17.9 Å². The van der Waals surface area contributed by atoms with E-state index < -0.39 is 14.9 Å². The zero-order valence-electron chi connectivity index (χ0n) is 19.5. The summed E-state index contributed by atoms with van der Waals surface area (Å²) in [7, 11) is -1.75. The van der Waals surface area contributed by atoms with Crippen LogP contribution >= 0.6 is 0 Å². The van der Waals surface area contributed by atoms with Crippen molar-refractivity contribution in [1.29, 1.82) is 0 Å². The molecule has 9 heteroatoms. The van der Waals surface area contributed by atoms with Gasteiger partial charge in [-0.2, -0.15) is 13.8 Å². The lowest BCUT2D eigenvalue weighted by Gasteiger charge is -2.41. The zero-order valence-corrected chi connectivity index (χ0v) is 20.5. The minimum Gasteiger partial charge on any atom is -0.414 e. The van der Waals surface area contributed by atoms with E-state index in [0.29, 0.717) is 18.1 Å². The Morgan fingerprint density at radius 1 is 1.23 bits per heavy atom. The highest BCUT2D eigenvalue weighted by molar-refractivity contribution is 6.74. The Kier molecular flexibility index (Phi) is 7.38. The van der Waals surface area contributed by atoms with Gasteiger partial charge in [-0.3, -0.25) is 0 Å². The zero-order chi connectivity index (χ0) is 22.8. The summed E-state index contributed by atoms with van der Waals surface area (Å²) in [6.45, 7) is 10.3. The van der Waals surface area contributed by atoms with Crippen LogP contribution in [-0.2, 0) is 9.16 Å². The highest BCUT2D eigenvalue weighted by Gasteiger charge is 2.40. The molecule has 1 aliphatic carbocycles. The lowest BCUT2D eigenvalue weighted by Crippen LogP contribution is -2.44. The number of ether oxygens (including phenoxy) is 1. The van der Waals surface area contributed by atoms with Crippen LogP contribution in [0.5, 0.6) is 0 Å². The lowest BCUT2D eigenvalue weighted by molar-refractivity contribution is -0.130. The number of alkyl halides is 2. The maximum Gasteiger partial charge on any atom is 0.345 e. The molecular formula is C22H36F2N4O2Si. The molecule has 2 heterocycles. The van der Waals surface area contributed by atoms with Crippen LogP contribution in [0.1, 0.15) is 59.4 Å². The van der Waals surface area contributed by atoms with Gasteiger partial charge in [-0.15, -0.1) is 0 Å². The third kappa shape index (κ3) is 6.02. The Morgan fingerprint density at radius 3 is 2.52 bits per heavy atom. The first-order valence-electron chi connectivity index (χ1n) is 11.1. The summed E-state index contributed by atoms with van der Waals surface area (Å²) in [4.78, 5) is 8.98. The topological polar surface area (TPSA) is 61.2 Å². The molecule has 0 bridgehead atoms. The standard InChI is InChI=1S/C22H36F2N4O2Si/c1-15(14-29-20(23)24)26-21-25-13-16-11-12-28(19(16)27-21)17-7-9-18(10-8-17)30-31(5,6)22(2,3)4/h11-13,15,17-18,20H,7-10,14H2,1-6H3,(H,25,26,27)/t15-,17?,18?/m0/s1. The van der Waals surface area contributed by atoms with Gasteiger partial charge >= 0.3 is 6.61 Å². The second kappa shape index (κ2) is 9.50. The fourth-order valence-electron chi connectivity index (χ4n) is 3.82. The van der Waals surface area contributed by atoms with Crippen molar-refractivity contribution in [3.63, 3.8) is 0 Å². The maximum absolute atomic E-state index is 12.2. The SMILES string of the molecule is C[C@@H](COC(F)F)Nc1ncc2ccn(C3CCC(O[Si](C)(C)C(C)(C)C)CC3)c2n1. The van der Waals surface area contributed by atoms with Gasteiger partial charge in [-0.1, -0.05) is 20.8 Å². The molecule has 0 saturated heterocycles. The van der Waals surface area contributed by atoms with E-state index in [0.717, 1.165) is 36.7 Å². The second-order valence-electron chi connectivity index (χ2n) is 10.1. The van der Waals surface area contributed by atoms with Crippen LogP contribution in [0.3, 0.4) is 0 Å². The summed E-state index contributed by atoms with van der Waals surface area (Å²) in [6.07, 6.45) is 8.38. The number of halogens is 2. The molecular weight excluding hydrogens is 418 g/mol. The van der Waals surface area contributed by atoms with Gasteiger partial charge in [0.1, 0.15) is 5.65 Å². The van der Waals surface area contributed by atoms with Crippen LogP contribution in [0.15, 0.2) is 18.5 Å². The average Bonchev–Trinajstić information content (AvgIpc) is 3.09. The number of anilines is 1. The van der Waals surface area contributed by atoms with E-state index >= 15 is 0 Å². The van der Waals surface area contributed by atoms with Crippen LogP contribution in [0.2, 0.25) is 18.1 Å². The van der Waals surface area contributed by atoms with Gasteiger partial charge in [-0.05, 0) is 56.8 Å². The molecule has 6 nitrogen and oxygen atoms in total. The lowest BCUT2D eigenvalue weighted by atomic mass is 9.93. The van der Waals surface area contributed by atoms with E-state index in [4.69, 9.17) is 4.43 Å². The molecule has 1 N–H and O–H groups in total. The molecule has 3 rings (SSSR count). The first kappa shape index (κ1) is 24.1. The largest absolute Gasteiger partial charge is 0.414 e. The van der Waals surface area contributed by atoms with Crippen LogP contribution in [0, 0.1) is 0 Å². The molecule has 174 valence electrons. The van der Waals surface area contributed by atoms with Crippen LogP contribution in [-0.4, -0.2) is 48.2 Å². The van der Waals surface area contributed by atoms with E-state index in [9.17, 15) is 8.78 Å². The van der Waals surface area contributed by atoms with Crippen molar-refractivity contribution in [2.75, 3.05) is 11.9 Å². The van der Waals surface area contributed by atoms with Gasteiger partial charge in [0.15, 0.2) is 8.32 Å². The summed E-state index contributed by atoms with van der Waals surface area (Å²) >= 11 is 0. The maximum atomic E-state index is 12.2. The number of nitrogens with zero attached hydrogens (tertiary/aromatic N) is 3. The van der Waals surface area contributed by atoms with Crippen molar-refractivity contribution in [1.82, 2.24) is 14.5 Å². The number of rotatable bonds is 8. The molecule has 2 aromatic heterocycles. The monoisotopic (exact) mass is 454 g/mol. The summed E-state index contributed by atoms with van der Waals surface area (Å²) in [5.41, 5.74) is 0.869. The molecule has 31 heavy (non-hydrogen) atoms. The van der Waals surface area contributed by atoms with Gasteiger partial charge in [0.05, 0.1) is 6.61 Å². The Morgan fingerprint density at radius 2 is 1.90 bits per heavy atom. The third-order valence-corrected chi connectivity index (χ3v) is 11.1. The number of hydrogen-bond donors (Lipinski definition) is 1. The molecule has 1 aliphatic rings. The molecule has 1 atom stereocenters. The second-order valence-corrected chi connectivity index (χ2v) is 14.9. The quantitative estimate of drug-likeness (QED) is 0.498. The van der Waals surface area contributed by atoms with Crippen LogP contribution in [0.25, 0.3) is 11.0 Å². The van der Waals surface area contributed by atoms with Crippen molar-refractivity contribution >= 4 is 25.3 Å². The van der Waals surface area contributed by atoms with Crippen molar-refractivity contribution in [3.05, 3.63) is 18.5 Å². The van der Waals surface area contributed by atoms with E-state index in [-0.39, 0.29) is 17.7 Å². The number of fused-ring (bicyclic) bond motifs is 1. The number of hydrogen-bond acceptors (Lipinski definition) is 5. The highest BCUT2D eigenvalue weighted by atomic mass is 28.4. The molecule has 0 aliphatic heterocycles. The Bertz CT molecular complexity index is 861. The molecule has 1 saturated carbocycles. The minimum atomic E-state index is -2.78. The normalized spacial score (nSPS) is 21.6. The molecule has 0 radical (unpaired) electrons. The van der Waals surface area contributed by atoms with Crippen molar-refractivity contribution in [3.8, 4) is 0 Å². The van der Waals surface area contributed by atoms with Crippen LogP contribution < -0.4 is 5.32 Å². The molecule has 2 aromatic rings.